The Morgan fingerprint density at radius 2 is 1.52 bits per heavy atom. The van der Waals surface area contributed by atoms with E-state index in [9.17, 15) is 13.2 Å². The summed E-state index contributed by atoms with van der Waals surface area (Å²) in [6.45, 7) is 5.42. The number of carbonyl (C=O) groups excluding carboxylic acids is 1. The molecule has 1 aliphatic rings. The van der Waals surface area contributed by atoms with Crippen molar-refractivity contribution in [3.8, 4) is 11.5 Å². The topological polar surface area (TPSA) is 99.8 Å². The van der Waals surface area contributed by atoms with Crippen molar-refractivity contribution in [2.45, 2.75) is 51.4 Å². The van der Waals surface area contributed by atoms with Gasteiger partial charge in [0.2, 0.25) is 15.9 Å². The van der Waals surface area contributed by atoms with E-state index >= 15 is 0 Å². The van der Waals surface area contributed by atoms with E-state index in [1.165, 1.54) is 5.56 Å². The number of nitrogens with zero attached hydrogens (tertiary/aromatic N) is 1. The number of piperidine rings is 1. The van der Waals surface area contributed by atoms with Crippen LogP contribution in [0.5, 0.6) is 11.5 Å². The van der Waals surface area contributed by atoms with Crippen LogP contribution in [0.15, 0.2) is 78.9 Å². The molecule has 8 nitrogen and oxygen atoms in total. The highest BCUT2D eigenvalue weighted by molar-refractivity contribution is 7.92. The fourth-order valence-electron chi connectivity index (χ4n) is 4.69. The molecule has 0 aliphatic carbocycles. The Balaban J connectivity index is 0.00000441. The highest BCUT2D eigenvalue weighted by Crippen LogP contribution is 2.24. The Morgan fingerprint density at radius 3 is 2.10 bits per heavy atom. The maximum atomic E-state index is 12.7. The van der Waals surface area contributed by atoms with Crippen molar-refractivity contribution in [3.63, 3.8) is 0 Å². The number of halogens is 1. The van der Waals surface area contributed by atoms with E-state index in [4.69, 9.17) is 4.74 Å². The molecule has 1 amide bonds. The zero-order valence-corrected chi connectivity index (χ0v) is 24.6. The van der Waals surface area contributed by atoms with Crippen molar-refractivity contribution in [2.75, 3.05) is 24.1 Å². The average Bonchev–Trinajstić information content (AvgIpc) is 2.93. The van der Waals surface area contributed by atoms with Gasteiger partial charge in [-0.2, -0.15) is 0 Å². The van der Waals surface area contributed by atoms with E-state index in [0.717, 1.165) is 56.5 Å². The van der Waals surface area contributed by atoms with E-state index in [2.05, 4.69) is 32.4 Å². The summed E-state index contributed by atoms with van der Waals surface area (Å²) in [5.41, 5.74) is 2.82. The van der Waals surface area contributed by atoms with Gasteiger partial charge in [0.05, 0.1) is 12.3 Å². The van der Waals surface area contributed by atoms with Gasteiger partial charge < -0.3 is 15.4 Å². The van der Waals surface area contributed by atoms with E-state index in [-0.39, 0.29) is 24.4 Å². The molecule has 1 aliphatic heterocycles. The van der Waals surface area contributed by atoms with Gasteiger partial charge in [0, 0.05) is 24.8 Å². The molecule has 3 aromatic rings. The van der Waals surface area contributed by atoms with Gasteiger partial charge in [0.1, 0.15) is 11.5 Å². The number of sulfonamides is 1. The van der Waals surface area contributed by atoms with E-state index in [0.29, 0.717) is 24.0 Å². The Hall–Kier alpha value is -3.11. The number of rotatable bonds is 12. The lowest BCUT2D eigenvalue weighted by molar-refractivity contribution is -0.123. The fourth-order valence-corrected chi connectivity index (χ4v) is 5.26. The van der Waals surface area contributed by atoms with Crippen LogP contribution in [0.1, 0.15) is 37.3 Å². The molecule has 4 rings (SSSR count). The number of hydrogen-bond donors (Lipinski definition) is 3. The second-order valence-corrected chi connectivity index (χ2v) is 11.8. The van der Waals surface area contributed by atoms with Gasteiger partial charge >= 0.3 is 0 Å². The molecule has 0 radical (unpaired) electrons. The van der Waals surface area contributed by atoms with Crippen LogP contribution in [0.2, 0.25) is 0 Å². The molecule has 0 bridgehead atoms. The zero-order valence-electron chi connectivity index (χ0n) is 23.0. The van der Waals surface area contributed by atoms with Crippen LogP contribution in [-0.4, -0.2) is 50.7 Å². The first-order chi connectivity index (χ1) is 18.8. The van der Waals surface area contributed by atoms with Crippen molar-refractivity contribution < 1.29 is 17.9 Å². The van der Waals surface area contributed by atoms with Gasteiger partial charge in [0.15, 0.2) is 0 Å². The number of anilines is 1. The van der Waals surface area contributed by atoms with Crippen LogP contribution in [0.3, 0.4) is 0 Å². The van der Waals surface area contributed by atoms with Gasteiger partial charge in [-0.3, -0.25) is 14.4 Å². The first-order valence-corrected chi connectivity index (χ1v) is 15.3. The number of ether oxygens (including phenoxy) is 1. The number of likely N-dealkylation sites (tertiary alicyclic amines) is 1. The van der Waals surface area contributed by atoms with Crippen molar-refractivity contribution in [1.82, 2.24) is 15.5 Å². The summed E-state index contributed by atoms with van der Waals surface area (Å²) in [5.74, 6) is 1.42. The predicted octanol–water partition coefficient (Wildman–Crippen LogP) is 4.92. The zero-order chi connectivity index (χ0) is 27.7. The standard InChI is InChI=1S/C30H38N4O4S.ClH/c1-3-29(30(35)31-21-23-7-5-4-6-8-23)32-25-17-19-34(20-18-25)22-24-9-13-27(14-10-24)38-28-15-11-26(12-16-28)33-39(2,36)37;/h4-16,25,29,32-33H,3,17-22H2,1-2H3,(H,31,35);1H. The summed E-state index contributed by atoms with van der Waals surface area (Å²) in [6.07, 6.45) is 3.90. The molecule has 1 unspecified atom stereocenters. The maximum absolute atomic E-state index is 12.7. The van der Waals surface area contributed by atoms with Crippen LogP contribution in [0.4, 0.5) is 5.69 Å². The lowest BCUT2D eigenvalue weighted by Crippen LogP contribution is -2.51. The molecule has 0 aromatic heterocycles. The molecule has 216 valence electrons. The third-order valence-corrected chi connectivity index (χ3v) is 7.39. The van der Waals surface area contributed by atoms with Gasteiger partial charge in [0.25, 0.3) is 0 Å². The summed E-state index contributed by atoms with van der Waals surface area (Å²) in [7, 11) is -3.30. The van der Waals surface area contributed by atoms with Crippen LogP contribution < -0.4 is 20.1 Å². The minimum atomic E-state index is -3.30. The predicted molar refractivity (Wildman–Crippen MR) is 162 cm³/mol. The molecule has 3 aromatic carbocycles. The van der Waals surface area contributed by atoms with Gasteiger partial charge in [-0.25, -0.2) is 8.42 Å². The van der Waals surface area contributed by atoms with Gasteiger partial charge in [-0.05, 0) is 79.9 Å². The minimum absolute atomic E-state index is 0. The SMILES string of the molecule is CCC(NC1CCN(Cc2ccc(Oc3ccc(NS(C)(=O)=O)cc3)cc2)CC1)C(=O)NCc1ccccc1.Cl. The Kier molecular flexibility index (Phi) is 11.8. The summed E-state index contributed by atoms with van der Waals surface area (Å²) in [5, 5.41) is 6.65. The molecular weight excluding hydrogens is 548 g/mol. The molecule has 1 saturated heterocycles. The molecule has 3 N–H and O–H groups in total. The largest absolute Gasteiger partial charge is 0.457 e. The summed E-state index contributed by atoms with van der Waals surface area (Å²) < 4.78 is 31.0. The molecule has 0 saturated carbocycles. The molecule has 40 heavy (non-hydrogen) atoms. The highest BCUT2D eigenvalue weighted by atomic mass is 35.5. The molecular formula is C30H39ClN4O4S. The van der Waals surface area contributed by atoms with Crippen molar-refractivity contribution in [3.05, 3.63) is 90.0 Å². The molecule has 10 heteroatoms. The van der Waals surface area contributed by atoms with Crippen LogP contribution in [0.25, 0.3) is 0 Å². The van der Waals surface area contributed by atoms with Crippen molar-refractivity contribution >= 4 is 34.0 Å². The molecule has 1 atom stereocenters. The summed E-state index contributed by atoms with van der Waals surface area (Å²) >= 11 is 0. The average molecular weight is 587 g/mol. The summed E-state index contributed by atoms with van der Waals surface area (Å²) in [4.78, 5) is 15.2. The normalized spacial score (nSPS) is 15.1. The van der Waals surface area contributed by atoms with E-state index in [1.807, 2.05) is 49.4 Å². The Morgan fingerprint density at radius 1 is 0.925 bits per heavy atom. The van der Waals surface area contributed by atoms with Gasteiger partial charge in [-0.1, -0.05) is 49.4 Å². The number of benzene rings is 3. The van der Waals surface area contributed by atoms with E-state index in [1.54, 1.807) is 24.3 Å². The molecule has 0 spiro atoms. The second-order valence-electron chi connectivity index (χ2n) is 10.0. The van der Waals surface area contributed by atoms with E-state index < -0.39 is 10.0 Å². The third kappa shape index (κ3) is 10.1. The lowest BCUT2D eigenvalue weighted by atomic mass is 10.0. The van der Waals surface area contributed by atoms with Crippen LogP contribution in [0, 0.1) is 0 Å². The number of amides is 1. The lowest BCUT2D eigenvalue weighted by Gasteiger charge is -2.34. The fraction of sp³-hybridized carbons (Fsp3) is 0.367. The third-order valence-electron chi connectivity index (χ3n) is 6.78. The van der Waals surface area contributed by atoms with Gasteiger partial charge in [-0.15, -0.1) is 12.4 Å². The smallest absolute Gasteiger partial charge is 0.237 e. The molecule has 1 heterocycles. The summed E-state index contributed by atoms with van der Waals surface area (Å²) in [6, 6.07) is 25.0. The highest BCUT2D eigenvalue weighted by Gasteiger charge is 2.24. The van der Waals surface area contributed by atoms with Crippen molar-refractivity contribution in [2.24, 2.45) is 0 Å². The monoisotopic (exact) mass is 586 g/mol. The first kappa shape index (κ1) is 31.4. The maximum Gasteiger partial charge on any atom is 0.237 e. The number of carbonyl (C=O) groups is 1. The Bertz CT molecular complexity index is 1300. The number of nitrogens with one attached hydrogen (secondary N) is 3. The van der Waals surface area contributed by atoms with Crippen molar-refractivity contribution in [1.29, 1.82) is 0 Å². The number of hydrogen-bond acceptors (Lipinski definition) is 6. The second kappa shape index (κ2) is 15.0. The molecule has 1 fully saturated rings. The first-order valence-electron chi connectivity index (χ1n) is 13.4. The minimum Gasteiger partial charge on any atom is -0.457 e. The van der Waals surface area contributed by atoms with Crippen LogP contribution in [-0.2, 0) is 27.9 Å². The quantitative estimate of drug-likeness (QED) is 0.279. The Labute approximate surface area is 244 Å². The van der Waals surface area contributed by atoms with Crippen LogP contribution >= 0.6 is 12.4 Å².